The summed E-state index contributed by atoms with van der Waals surface area (Å²) < 4.78 is 1.67. The first-order valence-corrected chi connectivity index (χ1v) is 6.23. The fourth-order valence-corrected chi connectivity index (χ4v) is 2.07. The van der Waals surface area contributed by atoms with Gasteiger partial charge in [-0.2, -0.15) is 10.4 Å². The Labute approximate surface area is 112 Å². The standard InChI is InChI=1S/C14H14ClN3/c1-10(2)6-12-8-14(15)18(17-12)13-5-3-4-11(7-13)9-16/h3-5,7-8,10H,6H2,1-2H3. The molecule has 1 aromatic heterocycles. The molecule has 2 rings (SSSR count). The lowest BCUT2D eigenvalue weighted by molar-refractivity contribution is 0.628. The van der Waals surface area contributed by atoms with E-state index < -0.39 is 0 Å². The van der Waals surface area contributed by atoms with Crippen molar-refractivity contribution in [3.05, 3.63) is 46.7 Å². The van der Waals surface area contributed by atoms with Crippen LogP contribution in [-0.2, 0) is 6.42 Å². The second kappa shape index (κ2) is 5.24. The van der Waals surface area contributed by atoms with Crippen LogP contribution in [0.4, 0.5) is 0 Å². The van der Waals surface area contributed by atoms with Crippen molar-refractivity contribution in [3.8, 4) is 11.8 Å². The number of hydrogen-bond acceptors (Lipinski definition) is 2. The monoisotopic (exact) mass is 259 g/mol. The molecule has 0 N–H and O–H groups in total. The summed E-state index contributed by atoms with van der Waals surface area (Å²) in [5.41, 5.74) is 2.39. The van der Waals surface area contributed by atoms with Gasteiger partial charge in [0, 0.05) is 0 Å². The quantitative estimate of drug-likeness (QED) is 0.845. The topological polar surface area (TPSA) is 41.6 Å². The molecule has 0 amide bonds. The molecule has 92 valence electrons. The first-order chi connectivity index (χ1) is 8.60. The van der Waals surface area contributed by atoms with Crippen LogP contribution in [0.15, 0.2) is 30.3 Å². The highest BCUT2D eigenvalue weighted by atomic mass is 35.5. The molecule has 0 bridgehead atoms. The molecule has 0 fully saturated rings. The van der Waals surface area contributed by atoms with Crippen LogP contribution >= 0.6 is 11.6 Å². The predicted octanol–water partition coefficient (Wildman–Crippen LogP) is 3.60. The van der Waals surface area contributed by atoms with E-state index in [2.05, 4.69) is 25.0 Å². The van der Waals surface area contributed by atoms with E-state index in [-0.39, 0.29) is 0 Å². The minimum absolute atomic E-state index is 0.537. The van der Waals surface area contributed by atoms with E-state index in [4.69, 9.17) is 16.9 Å². The molecule has 0 atom stereocenters. The van der Waals surface area contributed by atoms with Gasteiger partial charge in [-0.15, -0.1) is 0 Å². The normalized spacial score (nSPS) is 10.6. The Morgan fingerprint density at radius 2 is 2.17 bits per heavy atom. The SMILES string of the molecule is CC(C)Cc1cc(Cl)n(-c2cccc(C#N)c2)n1. The summed E-state index contributed by atoms with van der Waals surface area (Å²) in [5, 5.41) is 13.9. The number of benzene rings is 1. The highest BCUT2D eigenvalue weighted by Crippen LogP contribution is 2.19. The van der Waals surface area contributed by atoms with Crippen molar-refractivity contribution in [2.24, 2.45) is 5.92 Å². The summed E-state index contributed by atoms with van der Waals surface area (Å²) in [7, 11) is 0. The molecule has 0 aliphatic rings. The fraction of sp³-hybridized carbons (Fsp3) is 0.286. The number of aromatic nitrogens is 2. The summed E-state index contributed by atoms with van der Waals surface area (Å²) in [6.07, 6.45) is 0.894. The predicted molar refractivity (Wildman–Crippen MR) is 71.8 cm³/mol. The molecule has 0 saturated carbocycles. The van der Waals surface area contributed by atoms with E-state index in [1.807, 2.05) is 18.2 Å². The molecule has 0 radical (unpaired) electrons. The largest absolute Gasteiger partial charge is 0.222 e. The van der Waals surface area contributed by atoms with Crippen molar-refractivity contribution < 1.29 is 0 Å². The average molecular weight is 260 g/mol. The van der Waals surface area contributed by atoms with Gasteiger partial charge in [-0.1, -0.05) is 31.5 Å². The van der Waals surface area contributed by atoms with Gasteiger partial charge in [0.05, 0.1) is 23.0 Å². The third kappa shape index (κ3) is 2.72. The van der Waals surface area contributed by atoms with E-state index in [1.54, 1.807) is 16.8 Å². The first kappa shape index (κ1) is 12.7. The zero-order chi connectivity index (χ0) is 13.1. The van der Waals surface area contributed by atoms with Gasteiger partial charge in [0.2, 0.25) is 0 Å². The lowest BCUT2D eigenvalue weighted by Gasteiger charge is -2.03. The minimum atomic E-state index is 0.537. The van der Waals surface area contributed by atoms with Crippen molar-refractivity contribution in [1.82, 2.24) is 9.78 Å². The van der Waals surface area contributed by atoms with Crippen LogP contribution in [0.3, 0.4) is 0 Å². The van der Waals surface area contributed by atoms with Gasteiger partial charge in [-0.25, -0.2) is 4.68 Å². The number of hydrogen-bond donors (Lipinski definition) is 0. The molecule has 1 heterocycles. The van der Waals surface area contributed by atoms with Crippen molar-refractivity contribution in [3.63, 3.8) is 0 Å². The lowest BCUT2D eigenvalue weighted by atomic mass is 10.1. The smallest absolute Gasteiger partial charge is 0.133 e. The fourth-order valence-electron chi connectivity index (χ4n) is 1.81. The first-order valence-electron chi connectivity index (χ1n) is 5.85. The Hall–Kier alpha value is -1.79. The number of nitrogens with zero attached hydrogens (tertiary/aromatic N) is 3. The molecule has 0 unspecified atom stereocenters. The number of nitriles is 1. The lowest BCUT2D eigenvalue weighted by Crippen LogP contribution is -2.00. The van der Waals surface area contributed by atoms with Crippen LogP contribution in [0.2, 0.25) is 5.15 Å². The molecule has 3 nitrogen and oxygen atoms in total. The summed E-state index contributed by atoms with van der Waals surface area (Å²) in [5.74, 6) is 0.537. The van der Waals surface area contributed by atoms with E-state index in [9.17, 15) is 0 Å². The third-order valence-electron chi connectivity index (χ3n) is 2.55. The van der Waals surface area contributed by atoms with E-state index >= 15 is 0 Å². The molecule has 0 aliphatic carbocycles. The van der Waals surface area contributed by atoms with Crippen LogP contribution in [0, 0.1) is 17.2 Å². The maximum absolute atomic E-state index is 8.89. The minimum Gasteiger partial charge on any atom is -0.222 e. The van der Waals surface area contributed by atoms with Gasteiger partial charge in [0.1, 0.15) is 5.15 Å². The number of halogens is 1. The van der Waals surface area contributed by atoms with Crippen molar-refractivity contribution in [1.29, 1.82) is 5.26 Å². The second-order valence-corrected chi connectivity index (χ2v) is 5.02. The summed E-state index contributed by atoms with van der Waals surface area (Å²) in [6, 6.07) is 11.2. The number of rotatable bonds is 3. The molecular weight excluding hydrogens is 246 g/mol. The third-order valence-corrected chi connectivity index (χ3v) is 2.82. The molecule has 0 aliphatic heterocycles. The second-order valence-electron chi connectivity index (χ2n) is 4.63. The molecule has 0 saturated heterocycles. The van der Waals surface area contributed by atoms with Crippen LogP contribution < -0.4 is 0 Å². The van der Waals surface area contributed by atoms with E-state index in [0.29, 0.717) is 16.6 Å². The maximum atomic E-state index is 8.89. The maximum Gasteiger partial charge on any atom is 0.133 e. The zero-order valence-corrected chi connectivity index (χ0v) is 11.1. The molecule has 2 aromatic rings. The molecule has 4 heteroatoms. The van der Waals surface area contributed by atoms with E-state index in [0.717, 1.165) is 17.8 Å². The average Bonchev–Trinajstić information content (AvgIpc) is 2.69. The summed E-state index contributed by atoms with van der Waals surface area (Å²) >= 11 is 6.18. The molecular formula is C14H14ClN3. The summed E-state index contributed by atoms with van der Waals surface area (Å²) in [4.78, 5) is 0. The Kier molecular flexibility index (Phi) is 3.69. The Balaban J connectivity index is 2.38. The molecule has 0 spiro atoms. The van der Waals surface area contributed by atoms with Gasteiger partial charge in [-0.3, -0.25) is 0 Å². The van der Waals surface area contributed by atoms with Crippen LogP contribution in [-0.4, -0.2) is 9.78 Å². The van der Waals surface area contributed by atoms with Gasteiger partial charge in [-0.05, 0) is 36.6 Å². The zero-order valence-electron chi connectivity index (χ0n) is 10.4. The summed E-state index contributed by atoms with van der Waals surface area (Å²) in [6.45, 7) is 4.28. The van der Waals surface area contributed by atoms with Crippen LogP contribution in [0.25, 0.3) is 5.69 Å². The Bertz CT molecular complexity index is 593. The van der Waals surface area contributed by atoms with Crippen molar-refractivity contribution in [2.45, 2.75) is 20.3 Å². The highest BCUT2D eigenvalue weighted by Gasteiger charge is 2.09. The van der Waals surface area contributed by atoms with Gasteiger partial charge < -0.3 is 0 Å². The van der Waals surface area contributed by atoms with Gasteiger partial charge in [0.25, 0.3) is 0 Å². The van der Waals surface area contributed by atoms with Crippen LogP contribution in [0.1, 0.15) is 25.1 Å². The van der Waals surface area contributed by atoms with Gasteiger partial charge in [0.15, 0.2) is 0 Å². The molecule has 1 aromatic carbocycles. The van der Waals surface area contributed by atoms with Crippen molar-refractivity contribution in [2.75, 3.05) is 0 Å². The van der Waals surface area contributed by atoms with Crippen LogP contribution in [0.5, 0.6) is 0 Å². The van der Waals surface area contributed by atoms with Crippen molar-refractivity contribution >= 4 is 11.6 Å². The molecule has 18 heavy (non-hydrogen) atoms. The highest BCUT2D eigenvalue weighted by molar-refractivity contribution is 6.29. The Morgan fingerprint density at radius 1 is 1.39 bits per heavy atom. The Morgan fingerprint density at radius 3 is 2.83 bits per heavy atom. The van der Waals surface area contributed by atoms with E-state index in [1.165, 1.54) is 0 Å². The van der Waals surface area contributed by atoms with Gasteiger partial charge >= 0.3 is 0 Å².